The van der Waals surface area contributed by atoms with Gasteiger partial charge in [0.1, 0.15) is 0 Å². The van der Waals surface area contributed by atoms with Gasteiger partial charge in [0.2, 0.25) is 0 Å². The van der Waals surface area contributed by atoms with E-state index in [4.69, 9.17) is 21.7 Å². The van der Waals surface area contributed by atoms with E-state index in [-0.39, 0.29) is 55.1 Å². The number of aliphatic hydroxyl groups excluding tert-OH is 2. The van der Waals surface area contributed by atoms with Crippen LogP contribution in [0, 0.1) is 18.3 Å². The van der Waals surface area contributed by atoms with E-state index in [0.717, 1.165) is 23.1 Å². The number of carbonyl (C=O) groups excluding carboxylic acids is 1. The number of ether oxygens (including phenoxy) is 1. The van der Waals surface area contributed by atoms with Crippen LogP contribution in [0.1, 0.15) is 46.8 Å². The average Bonchev–Trinajstić information content (AvgIpc) is 2.58. The summed E-state index contributed by atoms with van der Waals surface area (Å²) in [6.45, 7) is 10.3. The molecule has 1 unspecified atom stereocenters. The van der Waals surface area contributed by atoms with E-state index < -0.39 is 12.8 Å². The number of nitrogens with zero attached hydrogens (tertiary/aromatic N) is 1. The molecule has 1 rings (SSSR count). The summed E-state index contributed by atoms with van der Waals surface area (Å²) >= 11 is 0. The van der Waals surface area contributed by atoms with Crippen molar-refractivity contribution in [2.24, 2.45) is 22.8 Å². The molecule has 0 amide bonds. The number of hydrogen-bond donors (Lipinski definition) is 5. The second-order valence-corrected chi connectivity index (χ2v) is 7.61. The number of rotatable bonds is 6. The molecular weight excluding hydrogens is 389 g/mol. The van der Waals surface area contributed by atoms with Crippen molar-refractivity contribution >= 4 is 5.97 Å². The summed E-state index contributed by atoms with van der Waals surface area (Å²) in [4.78, 5) is 21.3. The topological polar surface area (TPSA) is 161 Å². The number of esters is 1. The maximum Gasteiger partial charge on any atom is 1.00 e. The van der Waals surface area contributed by atoms with Gasteiger partial charge < -0.3 is 33.1 Å². The van der Waals surface area contributed by atoms with Crippen molar-refractivity contribution in [3.63, 3.8) is 0 Å². The van der Waals surface area contributed by atoms with Gasteiger partial charge >= 0.3 is 35.5 Å². The Labute approximate surface area is 196 Å². The monoisotopic (exact) mass is 427 g/mol. The maximum atomic E-state index is 11.4. The van der Waals surface area contributed by atoms with Crippen molar-refractivity contribution in [2.75, 3.05) is 26.5 Å². The molecule has 1 aromatic heterocycles. The zero-order valence-corrected chi connectivity index (χ0v) is 20.6. The number of aliphatic hydroxyl groups is 2. The third-order valence-corrected chi connectivity index (χ3v) is 3.27. The first-order valence-corrected chi connectivity index (χ1v) is 9.11. The molecule has 0 saturated heterocycles. The first-order chi connectivity index (χ1) is 12.9. The fourth-order valence-corrected chi connectivity index (χ4v) is 2.51. The Kier molecular flexibility index (Phi) is 20.2. The van der Waals surface area contributed by atoms with Crippen molar-refractivity contribution < 1.29 is 55.9 Å². The summed E-state index contributed by atoms with van der Waals surface area (Å²) < 4.78 is 4.75. The standard InChI is InChI=1S/C14H23NO2.C3H7NO3.C2H7NO.Na.H/c1-10-6-12(15(17)13(16)8-10)7-11(2)9-14(3,4)5;4-1-3(6)7-2-5;3-1-2-4;;/h6,8,11,17H,7,9H2,1-5H3;5H,1-2,4H2;4H,1-3H2;;/q;;;+1;-1. The Hall–Kier alpha value is -0.940. The average molecular weight is 428 g/mol. The SMILES string of the molecule is Cc1cc(CC(C)CC(C)(C)C)n(O)c(=O)c1.NCC(=O)OCO.NCCO.[H-].[Na+]. The molecule has 9 nitrogen and oxygen atoms in total. The van der Waals surface area contributed by atoms with E-state index >= 15 is 0 Å². The Bertz CT molecular complexity index is 621. The summed E-state index contributed by atoms with van der Waals surface area (Å²) in [7, 11) is 0. The van der Waals surface area contributed by atoms with E-state index in [0.29, 0.717) is 18.2 Å². The number of carbonyl (C=O) groups is 1. The molecule has 29 heavy (non-hydrogen) atoms. The molecule has 0 aliphatic rings. The molecule has 1 atom stereocenters. The van der Waals surface area contributed by atoms with Gasteiger partial charge in [-0.25, -0.2) is 0 Å². The van der Waals surface area contributed by atoms with Gasteiger partial charge in [0.25, 0.3) is 5.56 Å². The molecule has 0 radical (unpaired) electrons. The molecular formula is C19H38N3NaO6. The summed E-state index contributed by atoms with van der Waals surface area (Å²) in [5.41, 5.74) is 11.1. The summed E-state index contributed by atoms with van der Waals surface area (Å²) in [5, 5.41) is 25.3. The maximum absolute atomic E-state index is 11.4. The van der Waals surface area contributed by atoms with Crippen LogP contribution in [0.5, 0.6) is 0 Å². The molecule has 0 spiro atoms. The number of hydrogen-bond acceptors (Lipinski definition) is 8. The van der Waals surface area contributed by atoms with Gasteiger partial charge in [0.15, 0.2) is 6.79 Å². The molecule has 0 aliphatic heterocycles. The van der Waals surface area contributed by atoms with Gasteiger partial charge in [-0.1, -0.05) is 27.7 Å². The first-order valence-electron chi connectivity index (χ1n) is 9.11. The van der Waals surface area contributed by atoms with Gasteiger partial charge in [0.05, 0.1) is 18.8 Å². The minimum absolute atomic E-state index is 0. The quantitative estimate of drug-likeness (QED) is 0.144. The van der Waals surface area contributed by atoms with Crippen molar-refractivity contribution in [3.05, 3.63) is 33.7 Å². The van der Waals surface area contributed by atoms with Crippen LogP contribution in [-0.4, -0.2) is 52.6 Å². The van der Waals surface area contributed by atoms with Crippen LogP contribution in [-0.2, 0) is 16.0 Å². The summed E-state index contributed by atoms with van der Waals surface area (Å²) in [6.07, 6.45) is 1.79. The fraction of sp³-hybridized carbons (Fsp3) is 0.684. The van der Waals surface area contributed by atoms with E-state index in [9.17, 15) is 14.8 Å². The van der Waals surface area contributed by atoms with E-state index in [1.165, 1.54) is 6.07 Å². The van der Waals surface area contributed by atoms with Crippen molar-refractivity contribution in [3.8, 4) is 0 Å². The zero-order valence-electron chi connectivity index (χ0n) is 19.6. The molecule has 0 fully saturated rings. The summed E-state index contributed by atoms with van der Waals surface area (Å²) in [6, 6.07) is 3.32. The van der Waals surface area contributed by atoms with Crippen LogP contribution in [0.2, 0.25) is 0 Å². The molecule has 7 N–H and O–H groups in total. The van der Waals surface area contributed by atoms with Gasteiger partial charge in [-0.15, -0.1) is 0 Å². The van der Waals surface area contributed by atoms with Crippen LogP contribution in [0.3, 0.4) is 0 Å². The molecule has 1 aromatic rings. The molecule has 10 heteroatoms. The van der Waals surface area contributed by atoms with Crippen molar-refractivity contribution in [1.82, 2.24) is 4.73 Å². The van der Waals surface area contributed by atoms with Gasteiger partial charge in [0, 0.05) is 12.6 Å². The van der Waals surface area contributed by atoms with Crippen molar-refractivity contribution in [2.45, 2.75) is 47.5 Å². The Morgan fingerprint density at radius 3 is 2.14 bits per heavy atom. The van der Waals surface area contributed by atoms with E-state index in [1.807, 2.05) is 13.0 Å². The first kappa shape index (κ1) is 32.7. The number of pyridine rings is 1. The molecule has 166 valence electrons. The molecule has 0 bridgehead atoms. The van der Waals surface area contributed by atoms with Crippen LogP contribution in [0.15, 0.2) is 16.9 Å². The number of aryl methyl sites for hydroxylation is 1. The Morgan fingerprint density at radius 2 is 1.79 bits per heavy atom. The largest absolute Gasteiger partial charge is 1.00 e. The van der Waals surface area contributed by atoms with Gasteiger partial charge in [-0.2, -0.15) is 4.73 Å². The smallest absolute Gasteiger partial charge is 1.00 e. The summed E-state index contributed by atoms with van der Waals surface area (Å²) in [5.74, 6) is -0.155. The second kappa shape index (κ2) is 17.9. The van der Waals surface area contributed by atoms with Crippen LogP contribution in [0.4, 0.5) is 0 Å². The Balaban J connectivity index is -0.000000219. The molecule has 1 heterocycles. The van der Waals surface area contributed by atoms with Crippen LogP contribution in [0.25, 0.3) is 0 Å². The predicted molar refractivity (Wildman–Crippen MR) is 109 cm³/mol. The van der Waals surface area contributed by atoms with Crippen LogP contribution < -0.4 is 46.6 Å². The Morgan fingerprint density at radius 1 is 1.28 bits per heavy atom. The van der Waals surface area contributed by atoms with Crippen LogP contribution >= 0.6 is 0 Å². The van der Waals surface area contributed by atoms with Gasteiger partial charge in [-0.05, 0) is 42.7 Å². The predicted octanol–water partition coefficient (Wildman–Crippen LogP) is -2.50. The minimum atomic E-state index is -0.595. The number of aromatic nitrogens is 1. The molecule has 0 aromatic carbocycles. The van der Waals surface area contributed by atoms with Gasteiger partial charge in [-0.3, -0.25) is 9.59 Å². The van der Waals surface area contributed by atoms with E-state index in [2.05, 4.69) is 32.4 Å². The third kappa shape index (κ3) is 18.8. The van der Waals surface area contributed by atoms with Crippen molar-refractivity contribution in [1.29, 1.82) is 0 Å². The zero-order chi connectivity index (χ0) is 22.3. The number of nitrogens with two attached hydrogens (primary N) is 2. The normalized spacial score (nSPS) is 11.1. The third-order valence-electron chi connectivity index (χ3n) is 3.27. The molecule has 0 aliphatic carbocycles. The van der Waals surface area contributed by atoms with E-state index in [1.54, 1.807) is 0 Å². The minimum Gasteiger partial charge on any atom is -1.00 e. The second-order valence-electron chi connectivity index (χ2n) is 7.61. The fourth-order valence-electron chi connectivity index (χ4n) is 2.51. The molecule has 0 saturated carbocycles.